The van der Waals surface area contributed by atoms with Crippen molar-refractivity contribution in [3.05, 3.63) is 20.3 Å². The molecule has 1 aromatic heterocycles. The molecule has 1 aliphatic rings. The number of hydrogen-bond donors (Lipinski definition) is 2. The van der Waals surface area contributed by atoms with E-state index in [4.69, 9.17) is 16.3 Å². The Morgan fingerprint density at radius 3 is 2.80 bits per heavy atom. The van der Waals surface area contributed by atoms with E-state index in [1.165, 1.54) is 0 Å². The summed E-state index contributed by atoms with van der Waals surface area (Å²) in [4.78, 5) is 23.5. The van der Waals surface area contributed by atoms with Crippen LogP contribution in [0.3, 0.4) is 0 Å². The van der Waals surface area contributed by atoms with Crippen LogP contribution in [0.2, 0.25) is 5.02 Å². The van der Waals surface area contributed by atoms with Gasteiger partial charge in [0.25, 0.3) is 11.5 Å². The van der Waals surface area contributed by atoms with Crippen molar-refractivity contribution in [2.75, 3.05) is 13.2 Å². The highest BCUT2D eigenvalue weighted by Crippen LogP contribution is 2.34. The van der Waals surface area contributed by atoms with E-state index in [1.807, 2.05) is 0 Å². The minimum absolute atomic E-state index is 0.0393. The topological polar surface area (TPSA) is 71.2 Å². The zero-order valence-electron chi connectivity index (χ0n) is 11.8. The normalized spacial score (nSPS) is 23.0. The lowest BCUT2D eigenvalue weighted by Crippen LogP contribution is -2.38. The van der Waals surface area contributed by atoms with Crippen molar-refractivity contribution < 1.29 is 9.53 Å². The van der Waals surface area contributed by atoms with Crippen molar-refractivity contribution in [2.24, 2.45) is 11.3 Å². The quantitative estimate of drug-likeness (QED) is 0.898. The van der Waals surface area contributed by atoms with E-state index >= 15 is 0 Å². The van der Waals surface area contributed by atoms with Crippen LogP contribution >= 0.6 is 23.1 Å². The summed E-state index contributed by atoms with van der Waals surface area (Å²) >= 11 is 6.74. The lowest BCUT2D eigenvalue weighted by atomic mass is 9.81. The maximum atomic E-state index is 12.0. The van der Waals surface area contributed by atoms with Gasteiger partial charge in [0.2, 0.25) is 0 Å². The zero-order valence-corrected chi connectivity index (χ0v) is 13.4. The number of halogens is 1. The smallest absolute Gasteiger partial charge is 0.277 e. The predicted molar refractivity (Wildman–Crippen MR) is 79.6 cm³/mol. The molecule has 1 saturated heterocycles. The van der Waals surface area contributed by atoms with Crippen molar-refractivity contribution in [1.29, 1.82) is 0 Å². The van der Waals surface area contributed by atoms with Gasteiger partial charge in [-0.05, 0) is 11.8 Å². The van der Waals surface area contributed by atoms with Gasteiger partial charge < -0.3 is 10.1 Å². The fourth-order valence-corrected chi connectivity index (χ4v) is 3.49. The number of hydrogen-bond acceptors (Lipinski definition) is 4. The minimum atomic E-state index is -0.418. The number of carbonyl (C=O) groups excluding carboxylic acids is 1. The summed E-state index contributed by atoms with van der Waals surface area (Å²) in [5, 5.41) is 2.81. The third-order valence-corrected chi connectivity index (χ3v) is 4.80. The molecule has 1 fully saturated rings. The SMILES string of the molecule is CC(C)(C)[C@H]1OCC[C@@H]1CNC(=O)c1s[nH]c(=O)c1Cl. The Labute approximate surface area is 126 Å². The highest BCUT2D eigenvalue weighted by Gasteiger charge is 2.37. The minimum Gasteiger partial charge on any atom is -0.377 e. The highest BCUT2D eigenvalue weighted by atomic mass is 35.5. The van der Waals surface area contributed by atoms with Crippen LogP contribution in [0.1, 0.15) is 36.9 Å². The Kier molecular flexibility index (Phi) is 4.56. The molecule has 5 nitrogen and oxygen atoms in total. The first-order valence-corrected chi connectivity index (χ1v) is 7.77. The summed E-state index contributed by atoms with van der Waals surface area (Å²) in [7, 11) is 0. The van der Waals surface area contributed by atoms with Crippen molar-refractivity contribution in [3.8, 4) is 0 Å². The number of nitrogens with one attached hydrogen (secondary N) is 2. The van der Waals surface area contributed by atoms with Gasteiger partial charge >= 0.3 is 0 Å². The van der Waals surface area contributed by atoms with Gasteiger partial charge in [-0.2, -0.15) is 0 Å². The molecule has 112 valence electrons. The van der Waals surface area contributed by atoms with Gasteiger partial charge in [0.05, 0.1) is 6.10 Å². The second-order valence-electron chi connectivity index (χ2n) is 6.09. The number of amides is 1. The van der Waals surface area contributed by atoms with E-state index < -0.39 is 5.56 Å². The molecule has 0 saturated carbocycles. The monoisotopic (exact) mass is 318 g/mol. The van der Waals surface area contributed by atoms with E-state index in [2.05, 4.69) is 30.5 Å². The number of ether oxygens (including phenoxy) is 1. The third kappa shape index (κ3) is 3.24. The summed E-state index contributed by atoms with van der Waals surface area (Å²) in [6.07, 6.45) is 1.06. The maximum Gasteiger partial charge on any atom is 0.277 e. The van der Waals surface area contributed by atoms with Crippen LogP contribution in [0, 0.1) is 11.3 Å². The first-order valence-electron chi connectivity index (χ1n) is 6.57. The Morgan fingerprint density at radius 1 is 1.55 bits per heavy atom. The van der Waals surface area contributed by atoms with Crippen molar-refractivity contribution in [3.63, 3.8) is 0 Å². The van der Waals surface area contributed by atoms with Crippen molar-refractivity contribution in [2.45, 2.75) is 33.3 Å². The second-order valence-corrected chi connectivity index (χ2v) is 7.29. The molecule has 0 unspecified atom stereocenters. The molecule has 1 amide bonds. The molecule has 20 heavy (non-hydrogen) atoms. The van der Waals surface area contributed by atoms with Gasteiger partial charge in [0, 0.05) is 19.1 Å². The molecular weight excluding hydrogens is 300 g/mol. The lowest BCUT2D eigenvalue weighted by molar-refractivity contribution is 0.00738. The van der Waals surface area contributed by atoms with Gasteiger partial charge in [0.15, 0.2) is 0 Å². The van der Waals surface area contributed by atoms with Crippen LogP contribution in [0.25, 0.3) is 0 Å². The molecular formula is C13H19ClN2O3S. The molecule has 7 heteroatoms. The first-order chi connectivity index (χ1) is 9.30. The third-order valence-electron chi connectivity index (χ3n) is 3.44. The van der Waals surface area contributed by atoms with E-state index in [0.717, 1.165) is 24.6 Å². The van der Waals surface area contributed by atoms with Gasteiger partial charge in [0.1, 0.15) is 9.90 Å². The number of H-pyrrole nitrogens is 1. The van der Waals surface area contributed by atoms with Gasteiger partial charge in [-0.3, -0.25) is 14.0 Å². The van der Waals surface area contributed by atoms with Crippen molar-refractivity contribution >= 4 is 29.0 Å². The number of rotatable bonds is 3. The molecule has 1 aromatic rings. The molecule has 0 aromatic carbocycles. The van der Waals surface area contributed by atoms with E-state index in [9.17, 15) is 9.59 Å². The molecule has 0 spiro atoms. The number of aromatic nitrogens is 1. The largest absolute Gasteiger partial charge is 0.377 e. The van der Waals surface area contributed by atoms with Crippen molar-refractivity contribution in [1.82, 2.24) is 9.69 Å². The highest BCUT2D eigenvalue weighted by molar-refractivity contribution is 7.08. The molecule has 2 N–H and O–H groups in total. The molecule has 2 rings (SSSR count). The average molecular weight is 319 g/mol. The summed E-state index contributed by atoms with van der Waals surface area (Å²) < 4.78 is 8.21. The van der Waals surface area contributed by atoms with Gasteiger partial charge in [-0.25, -0.2) is 0 Å². The lowest BCUT2D eigenvalue weighted by Gasteiger charge is -2.31. The summed E-state index contributed by atoms with van der Waals surface area (Å²) in [5.74, 6) is -0.0219. The Hall–Kier alpha value is -0.850. The fraction of sp³-hybridized carbons (Fsp3) is 0.692. The fourth-order valence-electron chi connectivity index (χ4n) is 2.54. The van der Waals surface area contributed by atoms with Gasteiger partial charge in [-0.1, -0.05) is 43.9 Å². The van der Waals surface area contributed by atoms with E-state index in [1.54, 1.807) is 0 Å². The summed E-state index contributed by atoms with van der Waals surface area (Å²) in [6, 6.07) is 0. The molecule has 1 aliphatic heterocycles. The van der Waals surface area contributed by atoms with Gasteiger partial charge in [-0.15, -0.1) is 0 Å². The van der Waals surface area contributed by atoms with Crippen LogP contribution in [-0.4, -0.2) is 29.5 Å². The van der Waals surface area contributed by atoms with E-state index in [-0.39, 0.29) is 33.2 Å². The van der Waals surface area contributed by atoms with Crippen LogP contribution in [0.4, 0.5) is 0 Å². The summed E-state index contributed by atoms with van der Waals surface area (Å²) in [5.41, 5.74) is -0.374. The van der Waals surface area contributed by atoms with Crippen LogP contribution in [-0.2, 0) is 4.74 Å². The molecule has 2 atom stereocenters. The van der Waals surface area contributed by atoms with Crippen LogP contribution in [0.15, 0.2) is 4.79 Å². The molecule has 2 heterocycles. The maximum absolute atomic E-state index is 12.0. The molecule has 0 radical (unpaired) electrons. The number of aromatic amines is 1. The Balaban J connectivity index is 1.97. The average Bonchev–Trinajstić information content (AvgIpc) is 2.94. The predicted octanol–water partition coefficient (Wildman–Crippen LogP) is 2.27. The molecule has 0 aliphatic carbocycles. The molecule has 0 bridgehead atoms. The Morgan fingerprint density at radius 2 is 2.25 bits per heavy atom. The van der Waals surface area contributed by atoms with Crippen LogP contribution in [0.5, 0.6) is 0 Å². The standard InChI is InChI=1S/C13H19ClN2O3S/c1-13(2,3)10-7(4-5-19-10)6-15-12(18)9-8(14)11(17)16-20-9/h7,10H,4-6H2,1-3H3,(H,15,18)(H,16,17)/t7-,10+/m1/s1. The summed E-state index contributed by atoms with van der Waals surface area (Å²) in [6.45, 7) is 7.65. The zero-order chi connectivity index (χ0) is 14.9. The second kappa shape index (κ2) is 5.87. The number of carbonyl (C=O) groups is 1. The Bertz CT molecular complexity index is 547. The van der Waals surface area contributed by atoms with Crippen LogP contribution < -0.4 is 10.9 Å². The first kappa shape index (κ1) is 15.5. The van der Waals surface area contributed by atoms with E-state index in [0.29, 0.717) is 6.54 Å².